The summed E-state index contributed by atoms with van der Waals surface area (Å²) in [4.78, 5) is 0. The largest absolute Gasteiger partial charge is 0.319 e. The predicted molar refractivity (Wildman–Crippen MR) is 69.1 cm³/mol. The molecule has 3 heteroatoms. The van der Waals surface area contributed by atoms with Crippen LogP contribution in [0, 0.1) is 5.92 Å². The SMILES string of the molecule is CNCC(c1ccccc1Cl)C1CCNC1. The first-order valence-corrected chi connectivity index (χ1v) is 6.30. The summed E-state index contributed by atoms with van der Waals surface area (Å²) in [6, 6.07) is 8.21. The normalized spacial score (nSPS) is 22.2. The lowest BCUT2D eigenvalue weighted by atomic mass is 9.85. The first-order valence-electron chi connectivity index (χ1n) is 5.92. The molecule has 1 aliphatic heterocycles. The van der Waals surface area contributed by atoms with Gasteiger partial charge in [0.25, 0.3) is 0 Å². The molecule has 2 rings (SSSR count). The van der Waals surface area contributed by atoms with Crippen LogP contribution in [0.4, 0.5) is 0 Å². The van der Waals surface area contributed by atoms with Gasteiger partial charge < -0.3 is 10.6 Å². The highest BCUT2D eigenvalue weighted by Gasteiger charge is 2.26. The fourth-order valence-corrected chi connectivity index (χ4v) is 2.82. The molecule has 0 aromatic heterocycles. The van der Waals surface area contributed by atoms with E-state index >= 15 is 0 Å². The van der Waals surface area contributed by atoms with Gasteiger partial charge in [0.05, 0.1) is 0 Å². The first-order chi connectivity index (χ1) is 7.83. The molecule has 2 unspecified atom stereocenters. The third-order valence-corrected chi connectivity index (χ3v) is 3.74. The maximum Gasteiger partial charge on any atom is 0.0441 e. The van der Waals surface area contributed by atoms with Gasteiger partial charge in [0.1, 0.15) is 0 Å². The Bertz CT molecular complexity index is 334. The molecule has 0 bridgehead atoms. The number of hydrogen-bond acceptors (Lipinski definition) is 2. The van der Waals surface area contributed by atoms with E-state index in [9.17, 15) is 0 Å². The van der Waals surface area contributed by atoms with Crippen LogP contribution in [0.2, 0.25) is 5.02 Å². The number of benzene rings is 1. The molecule has 16 heavy (non-hydrogen) atoms. The van der Waals surface area contributed by atoms with Crippen LogP contribution in [0.15, 0.2) is 24.3 Å². The molecule has 1 fully saturated rings. The smallest absolute Gasteiger partial charge is 0.0441 e. The molecule has 0 saturated carbocycles. The molecule has 88 valence electrons. The lowest BCUT2D eigenvalue weighted by Gasteiger charge is -2.24. The highest BCUT2D eigenvalue weighted by atomic mass is 35.5. The van der Waals surface area contributed by atoms with Crippen molar-refractivity contribution in [3.8, 4) is 0 Å². The number of rotatable bonds is 4. The van der Waals surface area contributed by atoms with Gasteiger partial charge in [0, 0.05) is 17.5 Å². The van der Waals surface area contributed by atoms with Crippen LogP contribution in [-0.4, -0.2) is 26.7 Å². The van der Waals surface area contributed by atoms with Gasteiger partial charge in [-0.1, -0.05) is 29.8 Å². The minimum Gasteiger partial charge on any atom is -0.319 e. The fourth-order valence-electron chi connectivity index (χ4n) is 2.55. The summed E-state index contributed by atoms with van der Waals surface area (Å²) in [5.41, 5.74) is 1.28. The summed E-state index contributed by atoms with van der Waals surface area (Å²) in [6.07, 6.45) is 1.25. The Morgan fingerprint density at radius 3 is 2.94 bits per heavy atom. The molecule has 2 nitrogen and oxygen atoms in total. The van der Waals surface area contributed by atoms with Crippen molar-refractivity contribution in [1.82, 2.24) is 10.6 Å². The average molecular weight is 239 g/mol. The van der Waals surface area contributed by atoms with Gasteiger partial charge in [-0.3, -0.25) is 0 Å². The van der Waals surface area contributed by atoms with E-state index in [1.165, 1.54) is 12.0 Å². The number of likely N-dealkylation sites (N-methyl/N-ethyl adjacent to an activating group) is 1. The highest BCUT2D eigenvalue weighted by Crippen LogP contribution is 2.32. The molecule has 0 aliphatic carbocycles. The second-order valence-electron chi connectivity index (χ2n) is 4.44. The maximum absolute atomic E-state index is 6.28. The first kappa shape index (κ1) is 11.9. The fraction of sp³-hybridized carbons (Fsp3) is 0.538. The molecular weight excluding hydrogens is 220 g/mol. The van der Waals surface area contributed by atoms with Crippen molar-refractivity contribution in [2.24, 2.45) is 5.92 Å². The Hall–Kier alpha value is -0.570. The third-order valence-electron chi connectivity index (χ3n) is 3.40. The van der Waals surface area contributed by atoms with E-state index in [0.29, 0.717) is 11.8 Å². The molecular formula is C13H19ClN2. The van der Waals surface area contributed by atoms with Gasteiger partial charge in [0.2, 0.25) is 0 Å². The van der Waals surface area contributed by atoms with Gasteiger partial charge in [-0.2, -0.15) is 0 Å². The zero-order chi connectivity index (χ0) is 11.4. The number of hydrogen-bond donors (Lipinski definition) is 2. The van der Waals surface area contributed by atoms with Crippen molar-refractivity contribution in [3.63, 3.8) is 0 Å². The maximum atomic E-state index is 6.28. The molecule has 0 spiro atoms. The quantitative estimate of drug-likeness (QED) is 0.841. The monoisotopic (exact) mass is 238 g/mol. The number of halogens is 1. The average Bonchev–Trinajstić information content (AvgIpc) is 2.80. The topological polar surface area (TPSA) is 24.1 Å². The van der Waals surface area contributed by atoms with Crippen LogP contribution in [0.25, 0.3) is 0 Å². The summed E-state index contributed by atoms with van der Waals surface area (Å²) in [5.74, 6) is 1.22. The molecule has 1 aromatic carbocycles. The zero-order valence-electron chi connectivity index (χ0n) is 9.67. The Morgan fingerprint density at radius 1 is 1.50 bits per heavy atom. The lowest BCUT2D eigenvalue weighted by molar-refractivity contribution is 0.443. The summed E-state index contributed by atoms with van der Waals surface area (Å²) in [6.45, 7) is 3.24. The van der Waals surface area contributed by atoms with Crippen LogP contribution in [-0.2, 0) is 0 Å². The minimum atomic E-state index is 0.522. The molecule has 0 radical (unpaired) electrons. The van der Waals surface area contributed by atoms with Crippen LogP contribution in [0.5, 0.6) is 0 Å². The zero-order valence-corrected chi connectivity index (χ0v) is 10.4. The molecule has 0 amide bonds. The predicted octanol–water partition coefficient (Wildman–Crippen LogP) is 2.25. The standard InChI is InChI=1S/C13H19ClN2/c1-15-9-12(10-6-7-16-8-10)11-4-2-3-5-13(11)14/h2-5,10,12,15-16H,6-9H2,1H3. The highest BCUT2D eigenvalue weighted by molar-refractivity contribution is 6.31. The Morgan fingerprint density at radius 2 is 2.31 bits per heavy atom. The van der Waals surface area contributed by atoms with Crippen LogP contribution in [0.3, 0.4) is 0 Å². The molecule has 1 aliphatic rings. The van der Waals surface area contributed by atoms with E-state index in [-0.39, 0.29) is 0 Å². The van der Waals surface area contributed by atoms with Gasteiger partial charge in [-0.25, -0.2) is 0 Å². The van der Waals surface area contributed by atoms with Gasteiger partial charge in [0.15, 0.2) is 0 Å². The van der Waals surface area contributed by atoms with Crippen LogP contribution >= 0.6 is 11.6 Å². The summed E-state index contributed by atoms with van der Waals surface area (Å²) in [5, 5.41) is 7.61. The summed E-state index contributed by atoms with van der Waals surface area (Å²) >= 11 is 6.28. The Kier molecular flexibility index (Phi) is 4.22. The van der Waals surface area contributed by atoms with Crippen molar-refractivity contribution >= 4 is 11.6 Å². The summed E-state index contributed by atoms with van der Waals surface area (Å²) in [7, 11) is 2.01. The van der Waals surface area contributed by atoms with E-state index in [4.69, 9.17) is 11.6 Å². The Balaban J connectivity index is 2.21. The summed E-state index contributed by atoms with van der Waals surface area (Å²) < 4.78 is 0. The second-order valence-corrected chi connectivity index (χ2v) is 4.85. The van der Waals surface area contributed by atoms with Crippen molar-refractivity contribution in [2.75, 3.05) is 26.7 Å². The van der Waals surface area contributed by atoms with Gasteiger partial charge in [-0.15, -0.1) is 0 Å². The molecule has 2 atom stereocenters. The van der Waals surface area contributed by atoms with Crippen molar-refractivity contribution in [2.45, 2.75) is 12.3 Å². The van der Waals surface area contributed by atoms with E-state index in [1.54, 1.807) is 0 Å². The van der Waals surface area contributed by atoms with Crippen molar-refractivity contribution < 1.29 is 0 Å². The van der Waals surface area contributed by atoms with Crippen molar-refractivity contribution in [1.29, 1.82) is 0 Å². The third kappa shape index (κ3) is 2.57. The lowest BCUT2D eigenvalue weighted by Crippen LogP contribution is -2.26. The second kappa shape index (κ2) is 5.67. The molecule has 1 saturated heterocycles. The van der Waals surface area contributed by atoms with E-state index < -0.39 is 0 Å². The van der Waals surface area contributed by atoms with Gasteiger partial charge in [-0.05, 0) is 44.1 Å². The molecule has 1 aromatic rings. The van der Waals surface area contributed by atoms with E-state index in [2.05, 4.69) is 22.8 Å². The van der Waals surface area contributed by atoms with Crippen molar-refractivity contribution in [3.05, 3.63) is 34.9 Å². The Labute approximate surface area is 102 Å². The van der Waals surface area contributed by atoms with E-state index in [0.717, 1.165) is 24.7 Å². The van der Waals surface area contributed by atoms with Crippen LogP contribution in [0.1, 0.15) is 17.9 Å². The molecule has 2 N–H and O–H groups in total. The molecule has 1 heterocycles. The van der Waals surface area contributed by atoms with E-state index in [1.807, 2.05) is 19.2 Å². The van der Waals surface area contributed by atoms with Crippen LogP contribution < -0.4 is 10.6 Å². The number of nitrogens with one attached hydrogen (secondary N) is 2. The minimum absolute atomic E-state index is 0.522. The van der Waals surface area contributed by atoms with Gasteiger partial charge >= 0.3 is 0 Å².